The SMILES string of the molecule is CCCNc1cc(C(=O)Nc2cnoc2)cc(C)n1. The van der Waals surface area contributed by atoms with Crippen LogP contribution in [0, 0.1) is 6.92 Å². The lowest BCUT2D eigenvalue weighted by molar-refractivity contribution is 0.102. The fourth-order valence-corrected chi connectivity index (χ4v) is 1.61. The molecule has 0 saturated heterocycles. The van der Waals surface area contributed by atoms with Crippen LogP contribution in [0.4, 0.5) is 11.5 Å². The molecular weight excluding hydrogens is 244 g/mol. The van der Waals surface area contributed by atoms with E-state index in [1.807, 2.05) is 6.92 Å². The zero-order valence-corrected chi connectivity index (χ0v) is 10.9. The van der Waals surface area contributed by atoms with Crippen LogP contribution >= 0.6 is 0 Å². The Bertz CT molecular complexity index is 552. The molecule has 2 N–H and O–H groups in total. The summed E-state index contributed by atoms with van der Waals surface area (Å²) < 4.78 is 4.66. The predicted molar refractivity (Wildman–Crippen MR) is 72.2 cm³/mol. The molecule has 2 aromatic heterocycles. The van der Waals surface area contributed by atoms with Crippen LogP contribution in [0.15, 0.2) is 29.1 Å². The molecule has 0 aliphatic rings. The Morgan fingerprint density at radius 1 is 1.42 bits per heavy atom. The summed E-state index contributed by atoms with van der Waals surface area (Å²) in [6.07, 6.45) is 3.82. The predicted octanol–water partition coefficient (Wildman–Crippen LogP) is 2.45. The van der Waals surface area contributed by atoms with E-state index in [9.17, 15) is 4.79 Å². The van der Waals surface area contributed by atoms with Gasteiger partial charge in [0.1, 0.15) is 17.8 Å². The van der Waals surface area contributed by atoms with E-state index in [0.717, 1.165) is 18.7 Å². The van der Waals surface area contributed by atoms with Crippen molar-refractivity contribution in [2.24, 2.45) is 0 Å². The molecule has 6 heteroatoms. The van der Waals surface area contributed by atoms with Crippen LogP contribution < -0.4 is 10.6 Å². The number of nitrogens with one attached hydrogen (secondary N) is 2. The highest BCUT2D eigenvalue weighted by molar-refractivity contribution is 6.04. The Balaban J connectivity index is 2.14. The molecule has 1 amide bonds. The second-order valence-corrected chi connectivity index (χ2v) is 4.18. The summed E-state index contributed by atoms with van der Waals surface area (Å²) in [6, 6.07) is 3.46. The maximum absolute atomic E-state index is 12.1. The van der Waals surface area contributed by atoms with Crippen molar-refractivity contribution >= 4 is 17.4 Å². The van der Waals surface area contributed by atoms with Crippen molar-refractivity contribution in [3.63, 3.8) is 0 Å². The summed E-state index contributed by atoms with van der Waals surface area (Å²) in [5, 5.41) is 9.40. The normalized spacial score (nSPS) is 10.2. The van der Waals surface area contributed by atoms with E-state index in [2.05, 4.69) is 32.2 Å². The second kappa shape index (κ2) is 5.99. The minimum atomic E-state index is -0.215. The molecule has 0 unspecified atom stereocenters. The van der Waals surface area contributed by atoms with Gasteiger partial charge in [-0.25, -0.2) is 4.98 Å². The molecule has 0 aromatic carbocycles. The number of aryl methyl sites for hydroxylation is 1. The highest BCUT2D eigenvalue weighted by Gasteiger charge is 2.09. The van der Waals surface area contributed by atoms with E-state index < -0.39 is 0 Å². The van der Waals surface area contributed by atoms with Gasteiger partial charge in [-0.1, -0.05) is 12.1 Å². The number of hydrogen-bond donors (Lipinski definition) is 2. The van der Waals surface area contributed by atoms with Gasteiger partial charge in [-0.15, -0.1) is 0 Å². The molecule has 0 spiro atoms. The Labute approximate surface area is 111 Å². The standard InChI is InChI=1S/C13H16N4O2/c1-3-4-14-12-6-10(5-9(2)16-12)13(18)17-11-7-15-19-8-11/h5-8H,3-4H2,1-2H3,(H,14,16)(H,17,18). The van der Waals surface area contributed by atoms with Gasteiger partial charge in [-0.05, 0) is 25.5 Å². The van der Waals surface area contributed by atoms with Gasteiger partial charge >= 0.3 is 0 Å². The summed E-state index contributed by atoms with van der Waals surface area (Å²) >= 11 is 0. The number of amides is 1. The summed E-state index contributed by atoms with van der Waals surface area (Å²) in [7, 11) is 0. The molecule has 0 aliphatic heterocycles. The number of carbonyl (C=O) groups excluding carboxylic acids is 1. The van der Waals surface area contributed by atoms with Gasteiger partial charge in [-0.2, -0.15) is 0 Å². The molecule has 0 aliphatic carbocycles. The highest BCUT2D eigenvalue weighted by Crippen LogP contribution is 2.13. The molecule has 2 heterocycles. The highest BCUT2D eigenvalue weighted by atomic mass is 16.5. The zero-order chi connectivity index (χ0) is 13.7. The molecule has 6 nitrogen and oxygen atoms in total. The van der Waals surface area contributed by atoms with E-state index in [0.29, 0.717) is 17.1 Å². The first-order chi connectivity index (χ1) is 9.19. The van der Waals surface area contributed by atoms with Crippen molar-refractivity contribution < 1.29 is 9.32 Å². The Hall–Kier alpha value is -2.37. The number of nitrogens with zero attached hydrogens (tertiary/aromatic N) is 2. The van der Waals surface area contributed by atoms with Crippen LogP contribution in [0.1, 0.15) is 29.4 Å². The first-order valence-corrected chi connectivity index (χ1v) is 6.12. The zero-order valence-electron chi connectivity index (χ0n) is 10.9. The van der Waals surface area contributed by atoms with Crippen LogP contribution in [0.25, 0.3) is 0 Å². The molecule has 100 valence electrons. The third kappa shape index (κ3) is 3.54. The number of pyridine rings is 1. The van der Waals surface area contributed by atoms with E-state index in [1.54, 1.807) is 12.1 Å². The average Bonchev–Trinajstić information content (AvgIpc) is 2.88. The largest absolute Gasteiger partial charge is 0.370 e. The fraction of sp³-hybridized carbons (Fsp3) is 0.308. The van der Waals surface area contributed by atoms with Crippen molar-refractivity contribution in [2.75, 3.05) is 17.2 Å². The maximum Gasteiger partial charge on any atom is 0.255 e. The third-order valence-corrected chi connectivity index (χ3v) is 2.46. The van der Waals surface area contributed by atoms with Crippen molar-refractivity contribution in [3.8, 4) is 0 Å². The first-order valence-electron chi connectivity index (χ1n) is 6.12. The van der Waals surface area contributed by atoms with Gasteiger partial charge in [-0.3, -0.25) is 4.79 Å². The quantitative estimate of drug-likeness (QED) is 0.863. The van der Waals surface area contributed by atoms with Crippen molar-refractivity contribution in [3.05, 3.63) is 35.9 Å². The molecule has 0 radical (unpaired) electrons. The molecule has 19 heavy (non-hydrogen) atoms. The van der Waals surface area contributed by atoms with Crippen LogP contribution in [0.3, 0.4) is 0 Å². The molecule has 0 saturated carbocycles. The minimum absolute atomic E-state index is 0.215. The van der Waals surface area contributed by atoms with Gasteiger partial charge in [0.05, 0.1) is 6.20 Å². The van der Waals surface area contributed by atoms with Crippen LogP contribution in [0.2, 0.25) is 0 Å². The topological polar surface area (TPSA) is 80.0 Å². The van der Waals surface area contributed by atoms with E-state index >= 15 is 0 Å². The molecule has 0 fully saturated rings. The molecule has 2 aromatic rings. The lowest BCUT2D eigenvalue weighted by Crippen LogP contribution is -2.13. The van der Waals surface area contributed by atoms with Crippen LogP contribution in [0.5, 0.6) is 0 Å². The summed E-state index contributed by atoms with van der Waals surface area (Å²) in [5.74, 6) is 0.491. The van der Waals surface area contributed by atoms with Crippen LogP contribution in [-0.2, 0) is 0 Å². The summed E-state index contributed by atoms with van der Waals surface area (Å²) in [6.45, 7) is 4.75. The summed E-state index contributed by atoms with van der Waals surface area (Å²) in [4.78, 5) is 16.4. The third-order valence-electron chi connectivity index (χ3n) is 2.46. The van der Waals surface area contributed by atoms with Gasteiger partial charge in [0.25, 0.3) is 5.91 Å². The number of aromatic nitrogens is 2. The van der Waals surface area contributed by atoms with Crippen LogP contribution in [-0.4, -0.2) is 22.6 Å². The monoisotopic (exact) mass is 260 g/mol. The molecular formula is C13H16N4O2. The smallest absolute Gasteiger partial charge is 0.255 e. The number of anilines is 2. The maximum atomic E-state index is 12.1. The Morgan fingerprint density at radius 2 is 2.26 bits per heavy atom. The Kier molecular flexibility index (Phi) is 4.12. The lowest BCUT2D eigenvalue weighted by atomic mass is 10.2. The van der Waals surface area contributed by atoms with Gasteiger partial charge in [0.15, 0.2) is 0 Å². The van der Waals surface area contributed by atoms with Gasteiger partial charge in [0, 0.05) is 17.8 Å². The number of carbonyl (C=O) groups is 1. The minimum Gasteiger partial charge on any atom is -0.370 e. The van der Waals surface area contributed by atoms with E-state index in [1.165, 1.54) is 12.5 Å². The number of rotatable bonds is 5. The fourth-order valence-electron chi connectivity index (χ4n) is 1.61. The number of hydrogen-bond acceptors (Lipinski definition) is 5. The first kappa shape index (κ1) is 13.1. The van der Waals surface area contributed by atoms with E-state index in [4.69, 9.17) is 0 Å². The molecule has 0 atom stereocenters. The summed E-state index contributed by atoms with van der Waals surface area (Å²) in [5.41, 5.74) is 1.87. The van der Waals surface area contributed by atoms with Crippen molar-refractivity contribution in [2.45, 2.75) is 20.3 Å². The molecule has 0 bridgehead atoms. The van der Waals surface area contributed by atoms with Crippen molar-refractivity contribution in [1.29, 1.82) is 0 Å². The molecule has 2 rings (SSSR count). The second-order valence-electron chi connectivity index (χ2n) is 4.18. The average molecular weight is 260 g/mol. The van der Waals surface area contributed by atoms with Crippen molar-refractivity contribution in [1.82, 2.24) is 10.1 Å². The lowest BCUT2D eigenvalue weighted by Gasteiger charge is -2.08. The van der Waals surface area contributed by atoms with Gasteiger partial charge in [0.2, 0.25) is 0 Å². The van der Waals surface area contributed by atoms with E-state index in [-0.39, 0.29) is 5.91 Å². The Morgan fingerprint density at radius 3 is 2.95 bits per heavy atom. The van der Waals surface area contributed by atoms with Gasteiger partial charge < -0.3 is 15.2 Å².